The second-order valence-corrected chi connectivity index (χ2v) is 6.94. The predicted molar refractivity (Wildman–Crippen MR) is 108 cm³/mol. The van der Waals surface area contributed by atoms with Crippen LogP contribution >= 0.6 is 11.8 Å². The van der Waals surface area contributed by atoms with Crippen molar-refractivity contribution in [2.45, 2.75) is 11.8 Å². The van der Waals surface area contributed by atoms with Gasteiger partial charge in [-0.1, -0.05) is 29.7 Å². The highest BCUT2D eigenvalue weighted by Gasteiger charge is 2.07. The minimum absolute atomic E-state index is 0.0322. The molecule has 3 aromatic rings. The van der Waals surface area contributed by atoms with Crippen LogP contribution in [0.15, 0.2) is 70.5 Å². The van der Waals surface area contributed by atoms with Crippen molar-refractivity contribution in [1.29, 1.82) is 0 Å². The molecular formula is C21H15N3O3S. The maximum atomic E-state index is 12.3. The summed E-state index contributed by atoms with van der Waals surface area (Å²) in [6.45, 7) is 1.52. The molecule has 0 radical (unpaired) electrons. The molecule has 0 saturated carbocycles. The highest BCUT2D eigenvalue weighted by Crippen LogP contribution is 2.18. The standard InChI is InChI=1S/C21H15N3O3S/c1-14(25)28-18-9-7-15(8-10-18)5-6-16-3-2-4-17(13-16)20(26)23-19-11-12-22-21(27)24-19/h2-4,7-13H,1H3,(H2,22,23,24,26,27). The molecule has 0 atom stereocenters. The van der Waals surface area contributed by atoms with E-state index in [4.69, 9.17) is 0 Å². The molecule has 28 heavy (non-hydrogen) atoms. The minimum Gasteiger partial charge on any atom is -0.308 e. The van der Waals surface area contributed by atoms with Crippen LogP contribution in [0.5, 0.6) is 0 Å². The zero-order chi connectivity index (χ0) is 19.9. The zero-order valence-electron chi connectivity index (χ0n) is 14.9. The number of carbonyl (C=O) groups is 2. The van der Waals surface area contributed by atoms with Crippen molar-refractivity contribution in [3.05, 3.63) is 88.0 Å². The van der Waals surface area contributed by atoms with E-state index in [9.17, 15) is 14.4 Å². The maximum Gasteiger partial charge on any atom is 0.346 e. The van der Waals surface area contributed by atoms with Crippen LogP contribution in [0.3, 0.4) is 0 Å². The minimum atomic E-state index is -0.537. The lowest BCUT2D eigenvalue weighted by molar-refractivity contribution is -0.109. The Balaban J connectivity index is 1.73. The van der Waals surface area contributed by atoms with Gasteiger partial charge in [0, 0.05) is 34.7 Å². The van der Waals surface area contributed by atoms with Crippen LogP contribution in [-0.2, 0) is 4.79 Å². The molecule has 0 aliphatic heterocycles. The summed E-state index contributed by atoms with van der Waals surface area (Å²) < 4.78 is 0. The number of nitrogens with zero attached hydrogens (tertiary/aromatic N) is 1. The Kier molecular flexibility index (Phi) is 6.04. The van der Waals surface area contributed by atoms with Crippen LogP contribution in [0.4, 0.5) is 5.82 Å². The van der Waals surface area contributed by atoms with Gasteiger partial charge in [-0.25, -0.2) is 9.78 Å². The van der Waals surface area contributed by atoms with Gasteiger partial charge in [0.2, 0.25) is 0 Å². The second kappa shape index (κ2) is 8.84. The van der Waals surface area contributed by atoms with Crippen molar-refractivity contribution in [3.63, 3.8) is 0 Å². The number of nitrogens with one attached hydrogen (secondary N) is 2. The Labute approximate surface area is 165 Å². The molecule has 2 N–H and O–H groups in total. The Morgan fingerprint density at radius 2 is 1.79 bits per heavy atom. The van der Waals surface area contributed by atoms with Gasteiger partial charge < -0.3 is 5.32 Å². The Morgan fingerprint density at radius 1 is 1.04 bits per heavy atom. The summed E-state index contributed by atoms with van der Waals surface area (Å²) in [5.74, 6) is 5.95. The number of hydrogen-bond donors (Lipinski definition) is 2. The van der Waals surface area contributed by atoms with Gasteiger partial charge in [0.05, 0.1) is 0 Å². The summed E-state index contributed by atoms with van der Waals surface area (Å²) in [5, 5.41) is 2.64. The van der Waals surface area contributed by atoms with E-state index >= 15 is 0 Å². The topological polar surface area (TPSA) is 91.9 Å². The molecular weight excluding hydrogens is 374 g/mol. The van der Waals surface area contributed by atoms with Gasteiger partial charge >= 0.3 is 5.69 Å². The molecule has 7 heteroatoms. The first-order valence-electron chi connectivity index (χ1n) is 8.27. The molecule has 0 spiro atoms. The molecule has 0 bridgehead atoms. The number of rotatable bonds is 3. The molecule has 0 saturated heterocycles. The second-order valence-electron chi connectivity index (χ2n) is 5.69. The first kappa shape index (κ1) is 19.1. The van der Waals surface area contributed by atoms with Gasteiger partial charge in [0.15, 0.2) is 5.12 Å². The first-order valence-corrected chi connectivity index (χ1v) is 9.08. The number of thioether (sulfide) groups is 1. The van der Waals surface area contributed by atoms with Crippen molar-refractivity contribution >= 4 is 28.6 Å². The largest absolute Gasteiger partial charge is 0.346 e. The van der Waals surface area contributed by atoms with E-state index in [1.807, 2.05) is 24.3 Å². The first-order chi connectivity index (χ1) is 13.5. The predicted octanol–water partition coefficient (Wildman–Crippen LogP) is 3.06. The normalized spacial score (nSPS) is 9.89. The Morgan fingerprint density at radius 3 is 2.50 bits per heavy atom. The summed E-state index contributed by atoms with van der Waals surface area (Å²) in [6.07, 6.45) is 1.32. The monoisotopic (exact) mass is 389 g/mol. The van der Waals surface area contributed by atoms with E-state index in [0.717, 1.165) is 10.5 Å². The Bertz CT molecular complexity index is 1140. The number of amides is 1. The lowest BCUT2D eigenvalue weighted by Gasteiger charge is -2.04. The van der Waals surface area contributed by atoms with Crippen molar-refractivity contribution < 1.29 is 9.59 Å². The third-order valence-electron chi connectivity index (χ3n) is 3.51. The van der Waals surface area contributed by atoms with E-state index in [-0.39, 0.29) is 16.8 Å². The highest BCUT2D eigenvalue weighted by atomic mass is 32.2. The fourth-order valence-corrected chi connectivity index (χ4v) is 2.89. The molecule has 6 nitrogen and oxygen atoms in total. The van der Waals surface area contributed by atoms with Gasteiger partial charge in [-0.05, 0) is 48.5 Å². The van der Waals surface area contributed by atoms with Crippen LogP contribution < -0.4 is 11.0 Å². The molecule has 2 aromatic carbocycles. The van der Waals surface area contributed by atoms with Crippen LogP contribution in [-0.4, -0.2) is 21.0 Å². The van der Waals surface area contributed by atoms with Gasteiger partial charge in [-0.15, -0.1) is 0 Å². The summed E-state index contributed by atoms with van der Waals surface area (Å²) in [6, 6.07) is 15.7. The van der Waals surface area contributed by atoms with Crippen LogP contribution in [0, 0.1) is 11.8 Å². The third-order valence-corrected chi connectivity index (χ3v) is 4.31. The summed E-state index contributed by atoms with van der Waals surface area (Å²) in [7, 11) is 0. The van der Waals surface area contributed by atoms with Crippen LogP contribution in [0.1, 0.15) is 28.4 Å². The van der Waals surface area contributed by atoms with Crippen LogP contribution in [0.2, 0.25) is 0 Å². The number of benzene rings is 2. The summed E-state index contributed by atoms with van der Waals surface area (Å²) in [5.41, 5.74) is 1.36. The summed E-state index contributed by atoms with van der Waals surface area (Å²) in [4.78, 5) is 41.5. The molecule has 0 aliphatic carbocycles. The van der Waals surface area contributed by atoms with E-state index < -0.39 is 5.69 Å². The maximum absolute atomic E-state index is 12.3. The van der Waals surface area contributed by atoms with Gasteiger partial charge in [-0.2, -0.15) is 0 Å². The van der Waals surface area contributed by atoms with Gasteiger partial charge in [0.25, 0.3) is 5.91 Å². The fourth-order valence-electron chi connectivity index (χ4n) is 2.29. The Hall–Kier alpha value is -3.63. The van der Waals surface area contributed by atoms with Crippen LogP contribution in [0.25, 0.3) is 0 Å². The smallest absolute Gasteiger partial charge is 0.308 e. The average molecular weight is 389 g/mol. The number of aromatic amines is 1. The SMILES string of the molecule is CC(=O)Sc1ccc(C#Cc2cccc(C(=O)Nc3ccnc(=O)[nH]3)c2)cc1. The number of aromatic nitrogens is 2. The van der Waals surface area contributed by atoms with E-state index in [0.29, 0.717) is 11.1 Å². The van der Waals surface area contributed by atoms with E-state index in [1.165, 1.54) is 30.9 Å². The van der Waals surface area contributed by atoms with Gasteiger partial charge in [-0.3, -0.25) is 14.6 Å². The number of anilines is 1. The van der Waals surface area contributed by atoms with Crippen molar-refractivity contribution in [2.24, 2.45) is 0 Å². The average Bonchev–Trinajstić information content (AvgIpc) is 2.67. The highest BCUT2D eigenvalue weighted by molar-refractivity contribution is 8.13. The van der Waals surface area contributed by atoms with E-state index in [1.54, 1.807) is 24.3 Å². The number of hydrogen-bond acceptors (Lipinski definition) is 5. The molecule has 1 aromatic heterocycles. The fraction of sp³-hybridized carbons (Fsp3) is 0.0476. The molecule has 0 unspecified atom stereocenters. The molecule has 1 heterocycles. The number of H-pyrrole nitrogens is 1. The van der Waals surface area contributed by atoms with Crippen molar-refractivity contribution in [1.82, 2.24) is 9.97 Å². The lowest BCUT2D eigenvalue weighted by atomic mass is 10.1. The molecule has 0 aliphatic rings. The molecule has 1 amide bonds. The molecule has 138 valence electrons. The van der Waals surface area contributed by atoms with Crippen molar-refractivity contribution in [2.75, 3.05) is 5.32 Å². The molecule has 0 fully saturated rings. The summed E-state index contributed by atoms with van der Waals surface area (Å²) >= 11 is 1.17. The number of carbonyl (C=O) groups excluding carboxylic acids is 2. The zero-order valence-corrected chi connectivity index (χ0v) is 15.7. The van der Waals surface area contributed by atoms with Crippen molar-refractivity contribution in [3.8, 4) is 11.8 Å². The van der Waals surface area contributed by atoms with E-state index in [2.05, 4.69) is 27.1 Å². The third kappa shape index (κ3) is 5.43. The quantitative estimate of drug-likeness (QED) is 0.531. The lowest BCUT2D eigenvalue weighted by Crippen LogP contribution is -2.17. The van der Waals surface area contributed by atoms with Gasteiger partial charge in [0.1, 0.15) is 5.82 Å². The molecule has 3 rings (SSSR count).